The Morgan fingerprint density at radius 1 is 1.44 bits per heavy atom. The molecule has 0 bridgehead atoms. The molecule has 0 atom stereocenters. The second-order valence-corrected chi connectivity index (χ2v) is 4.82. The Kier molecular flexibility index (Phi) is 2.55. The van der Waals surface area contributed by atoms with E-state index in [-0.39, 0.29) is 5.69 Å². The Bertz CT molecular complexity index is 638. The van der Waals surface area contributed by atoms with Crippen molar-refractivity contribution in [3.8, 4) is 16.9 Å². The van der Waals surface area contributed by atoms with Crippen LogP contribution in [-0.4, -0.2) is 21.7 Å². The molecule has 1 aliphatic rings. The molecule has 2 heterocycles. The van der Waals surface area contributed by atoms with Gasteiger partial charge in [-0.2, -0.15) is 5.10 Å². The third-order valence-electron chi connectivity index (χ3n) is 2.83. The Morgan fingerprint density at radius 2 is 2.28 bits per heavy atom. The fourth-order valence-electron chi connectivity index (χ4n) is 2.06. The number of ether oxygens (including phenoxy) is 1. The number of rotatable bonds is 1. The van der Waals surface area contributed by atoms with Crippen molar-refractivity contribution in [1.82, 2.24) is 10.2 Å². The highest BCUT2D eigenvalue weighted by atomic mass is 79.9. The van der Waals surface area contributed by atoms with E-state index in [2.05, 4.69) is 26.1 Å². The molecule has 92 valence electrons. The van der Waals surface area contributed by atoms with Crippen LogP contribution in [0.15, 0.2) is 22.8 Å². The van der Waals surface area contributed by atoms with Crippen LogP contribution < -0.4 is 4.74 Å². The average molecular weight is 310 g/mol. The van der Waals surface area contributed by atoms with Crippen LogP contribution in [0, 0.1) is 10.1 Å². The van der Waals surface area contributed by atoms with Crippen molar-refractivity contribution >= 4 is 21.6 Å². The molecule has 18 heavy (non-hydrogen) atoms. The smallest absolute Gasteiger partial charge is 0.312 e. The molecule has 0 radical (unpaired) electrons. The number of benzene rings is 1. The lowest BCUT2D eigenvalue weighted by molar-refractivity contribution is -0.385. The highest BCUT2D eigenvalue weighted by Crippen LogP contribution is 2.42. The predicted molar refractivity (Wildman–Crippen MR) is 67.6 cm³/mol. The summed E-state index contributed by atoms with van der Waals surface area (Å²) >= 11 is 3.28. The second kappa shape index (κ2) is 4.09. The van der Waals surface area contributed by atoms with Crippen LogP contribution in [0.1, 0.15) is 5.69 Å². The maximum Gasteiger partial charge on any atom is 0.312 e. The Balaban J connectivity index is 2.32. The Labute approximate surface area is 110 Å². The summed E-state index contributed by atoms with van der Waals surface area (Å²) in [7, 11) is 0. The van der Waals surface area contributed by atoms with E-state index in [1.54, 1.807) is 6.20 Å². The molecular formula is C11H8BrN3O3. The first-order valence-electron chi connectivity index (χ1n) is 5.30. The summed E-state index contributed by atoms with van der Waals surface area (Å²) in [5.74, 6) is 0.309. The molecule has 1 aliphatic heterocycles. The van der Waals surface area contributed by atoms with Crippen molar-refractivity contribution in [2.45, 2.75) is 6.42 Å². The fraction of sp³-hybridized carbons (Fsp3) is 0.182. The van der Waals surface area contributed by atoms with Gasteiger partial charge < -0.3 is 4.74 Å². The Hall–Kier alpha value is -1.89. The number of hydrogen-bond donors (Lipinski definition) is 1. The zero-order valence-electron chi connectivity index (χ0n) is 9.14. The standard InChI is InChI=1S/C11H8BrN3O3/c12-6-3-7-8-5-13-14-9(8)1-2-18-11(7)10(4-6)15(16)17/h3-5H,1-2H2,(H,13,14). The molecule has 6 nitrogen and oxygen atoms in total. The highest BCUT2D eigenvalue weighted by Gasteiger charge is 2.26. The van der Waals surface area contributed by atoms with Gasteiger partial charge in [-0.05, 0) is 6.07 Å². The minimum absolute atomic E-state index is 0.0339. The molecule has 2 aromatic rings. The first kappa shape index (κ1) is 11.2. The largest absolute Gasteiger partial charge is 0.486 e. The summed E-state index contributed by atoms with van der Waals surface area (Å²) in [6.07, 6.45) is 2.36. The van der Waals surface area contributed by atoms with E-state index < -0.39 is 4.92 Å². The van der Waals surface area contributed by atoms with Crippen LogP contribution >= 0.6 is 15.9 Å². The van der Waals surface area contributed by atoms with Crippen molar-refractivity contribution in [3.05, 3.63) is 38.6 Å². The van der Waals surface area contributed by atoms with E-state index in [0.717, 1.165) is 11.3 Å². The van der Waals surface area contributed by atoms with Crippen molar-refractivity contribution in [2.24, 2.45) is 0 Å². The van der Waals surface area contributed by atoms with Gasteiger partial charge in [-0.3, -0.25) is 15.2 Å². The minimum Gasteiger partial charge on any atom is -0.486 e. The number of aromatic amines is 1. The van der Waals surface area contributed by atoms with E-state index in [0.29, 0.717) is 28.8 Å². The number of hydrogen-bond acceptors (Lipinski definition) is 4. The number of nitrogens with one attached hydrogen (secondary N) is 1. The van der Waals surface area contributed by atoms with E-state index in [4.69, 9.17) is 4.74 Å². The number of aromatic nitrogens is 2. The van der Waals surface area contributed by atoms with Crippen LogP contribution in [0.5, 0.6) is 5.75 Å². The predicted octanol–water partition coefficient (Wildman–Crippen LogP) is 2.68. The van der Waals surface area contributed by atoms with Gasteiger partial charge in [0.05, 0.1) is 17.2 Å². The molecule has 7 heteroatoms. The summed E-state index contributed by atoms with van der Waals surface area (Å²) in [5, 5.41) is 18.0. The van der Waals surface area contributed by atoms with Crippen LogP contribution in [0.25, 0.3) is 11.1 Å². The second-order valence-electron chi connectivity index (χ2n) is 3.90. The first-order chi connectivity index (χ1) is 8.66. The van der Waals surface area contributed by atoms with Crippen LogP contribution in [0.4, 0.5) is 5.69 Å². The van der Waals surface area contributed by atoms with Gasteiger partial charge in [-0.25, -0.2) is 0 Å². The minimum atomic E-state index is -0.436. The maximum atomic E-state index is 11.1. The van der Waals surface area contributed by atoms with Gasteiger partial charge in [0.2, 0.25) is 5.75 Å². The van der Waals surface area contributed by atoms with Crippen LogP contribution in [-0.2, 0) is 6.42 Å². The molecular weight excluding hydrogens is 302 g/mol. The highest BCUT2D eigenvalue weighted by molar-refractivity contribution is 9.10. The molecule has 0 unspecified atom stereocenters. The number of nitrogens with zero attached hydrogens (tertiary/aromatic N) is 2. The number of nitro groups is 1. The molecule has 1 aromatic heterocycles. The summed E-state index contributed by atoms with van der Waals surface area (Å²) in [6, 6.07) is 3.26. The SMILES string of the molecule is O=[N+]([O-])c1cc(Br)cc2c1OCCc1n[nH]cc1-2. The topological polar surface area (TPSA) is 81.1 Å². The molecule has 0 fully saturated rings. The molecule has 0 saturated carbocycles. The average Bonchev–Trinajstić information content (AvgIpc) is 2.72. The molecule has 0 aliphatic carbocycles. The monoisotopic (exact) mass is 309 g/mol. The van der Waals surface area contributed by atoms with Gasteiger partial charge >= 0.3 is 5.69 Å². The molecule has 3 rings (SSSR count). The molecule has 0 spiro atoms. The zero-order chi connectivity index (χ0) is 12.7. The van der Waals surface area contributed by atoms with Crippen molar-refractivity contribution in [1.29, 1.82) is 0 Å². The summed E-state index contributed by atoms with van der Waals surface area (Å²) in [5.41, 5.74) is 2.37. The van der Waals surface area contributed by atoms with Gasteiger partial charge in [0.1, 0.15) is 0 Å². The molecule has 0 amide bonds. The van der Waals surface area contributed by atoms with Gasteiger partial charge in [0.25, 0.3) is 0 Å². The normalized spacial score (nSPS) is 13.2. The van der Waals surface area contributed by atoms with Gasteiger partial charge in [0.15, 0.2) is 0 Å². The van der Waals surface area contributed by atoms with E-state index in [1.165, 1.54) is 6.07 Å². The van der Waals surface area contributed by atoms with Crippen molar-refractivity contribution in [2.75, 3.05) is 6.61 Å². The number of H-pyrrole nitrogens is 1. The van der Waals surface area contributed by atoms with Crippen molar-refractivity contribution in [3.63, 3.8) is 0 Å². The zero-order valence-corrected chi connectivity index (χ0v) is 10.7. The number of halogens is 1. The summed E-state index contributed by atoms with van der Waals surface area (Å²) in [4.78, 5) is 10.6. The van der Waals surface area contributed by atoms with Gasteiger partial charge in [-0.15, -0.1) is 0 Å². The van der Waals surface area contributed by atoms with E-state index in [1.807, 2.05) is 6.07 Å². The third kappa shape index (κ3) is 1.67. The van der Waals surface area contributed by atoms with Gasteiger partial charge in [0, 0.05) is 34.3 Å². The molecule has 1 N–H and O–H groups in total. The summed E-state index contributed by atoms with van der Waals surface area (Å²) in [6.45, 7) is 0.382. The third-order valence-corrected chi connectivity index (χ3v) is 3.28. The fourth-order valence-corrected chi connectivity index (χ4v) is 2.50. The molecule has 1 aromatic carbocycles. The Morgan fingerprint density at radius 3 is 3.06 bits per heavy atom. The van der Waals surface area contributed by atoms with Gasteiger partial charge in [-0.1, -0.05) is 15.9 Å². The number of fused-ring (bicyclic) bond motifs is 3. The lowest BCUT2D eigenvalue weighted by atomic mass is 10.0. The maximum absolute atomic E-state index is 11.1. The quantitative estimate of drug-likeness (QED) is 0.648. The molecule has 0 saturated heterocycles. The van der Waals surface area contributed by atoms with Crippen LogP contribution in [0.3, 0.4) is 0 Å². The van der Waals surface area contributed by atoms with E-state index >= 15 is 0 Å². The van der Waals surface area contributed by atoms with Crippen LogP contribution in [0.2, 0.25) is 0 Å². The number of nitro benzene ring substituents is 1. The lowest BCUT2D eigenvalue weighted by Gasteiger charge is -2.08. The van der Waals surface area contributed by atoms with Crippen molar-refractivity contribution < 1.29 is 9.66 Å². The van der Waals surface area contributed by atoms with E-state index in [9.17, 15) is 10.1 Å². The first-order valence-corrected chi connectivity index (χ1v) is 6.10. The lowest BCUT2D eigenvalue weighted by Crippen LogP contribution is -2.02. The summed E-state index contributed by atoms with van der Waals surface area (Å²) < 4.78 is 6.16.